The molecule has 1 aromatic heterocycles. The highest BCUT2D eigenvalue weighted by atomic mass is 16.2. The van der Waals surface area contributed by atoms with Crippen molar-refractivity contribution in [1.29, 1.82) is 0 Å². The lowest BCUT2D eigenvalue weighted by Crippen LogP contribution is -2.38. The van der Waals surface area contributed by atoms with Crippen molar-refractivity contribution >= 4 is 11.5 Å². The second-order valence-corrected chi connectivity index (χ2v) is 6.02. The average molecular weight is 283 g/mol. The van der Waals surface area contributed by atoms with Gasteiger partial charge in [-0.3, -0.25) is 14.3 Å². The molecule has 0 aliphatic heterocycles. The van der Waals surface area contributed by atoms with Gasteiger partial charge in [-0.15, -0.1) is 0 Å². The highest BCUT2D eigenvalue weighted by molar-refractivity contribution is 5.60. The fourth-order valence-corrected chi connectivity index (χ4v) is 2.31. The standard InChI is InChI=1S/C13H25N5O2/c1-6-18-10(14)9(11(19)16-12(18)20)15-7-13(2,3)8-17(4)5/h15H,6-8,14H2,1-5H3,(H,16,19,20). The largest absolute Gasteiger partial charge is 0.383 e. The van der Waals surface area contributed by atoms with Gasteiger partial charge >= 0.3 is 5.69 Å². The van der Waals surface area contributed by atoms with Crippen LogP contribution in [0.5, 0.6) is 0 Å². The number of aromatic nitrogens is 2. The zero-order chi connectivity index (χ0) is 15.5. The molecule has 1 rings (SSSR count). The zero-order valence-corrected chi connectivity index (χ0v) is 12.9. The molecular formula is C13H25N5O2. The molecule has 7 heteroatoms. The van der Waals surface area contributed by atoms with Gasteiger partial charge in [0.05, 0.1) is 0 Å². The van der Waals surface area contributed by atoms with Crippen LogP contribution in [0.2, 0.25) is 0 Å². The Morgan fingerprint density at radius 3 is 2.45 bits per heavy atom. The normalized spacial score (nSPS) is 11.9. The van der Waals surface area contributed by atoms with Crippen LogP contribution in [-0.2, 0) is 6.54 Å². The number of hydrogen-bond acceptors (Lipinski definition) is 5. The molecule has 0 radical (unpaired) electrons. The summed E-state index contributed by atoms with van der Waals surface area (Å²) in [7, 11) is 4.00. The highest BCUT2D eigenvalue weighted by Crippen LogP contribution is 2.18. The number of nitrogens with one attached hydrogen (secondary N) is 2. The number of nitrogens with two attached hydrogens (primary N) is 1. The first-order chi connectivity index (χ1) is 9.18. The molecule has 0 aliphatic carbocycles. The Hall–Kier alpha value is -1.76. The average Bonchev–Trinajstić information content (AvgIpc) is 2.26. The Bertz CT molecular complexity index is 571. The van der Waals surface area contributed by atoms with E-state index in [0.717, 1.165) is 6.54 Å². The van der Waals surface area contributed by atoms with E-state index in [0.29, 0.717) is 13.1 Å². The van der Waals surface area contributed by atoms with E-state index in [1.54, 1.807) is 6.92 Å². The summed E-state index contributed by atoms with van der Waals surface area (Å²) in [5, 5.41) is 3.07. The molecule has 0 spiro atoms. The zero-order valence-electron chi connectivity index (χ0n) is 12.9. The first-order valence-electron chi connectivity index (χ1n) is 6.69. The Morgan fingerprint density at radius 2 is 1.95 bits per heavy atom. The van der Waals surface area contributed by atoms with Crippen molar-refractivity contribution in [2.24, 2.45) is 5.41 Å². The maximum atomic E-state index is 11.8. The second kappa shape index (κ2) is 6.13. The fraction of sp³-hybridized carbons (Fsp3) is 0.692. The molecular weight excluding hydrogens is 258 g/mol. The maximum absolute atomic E-state index is 11.8. The number of aromatic amines is 1. The summed E-state index contributed by atoms with van der Waals surface area (Å²) in [6.07, 6.45) is 0. The minimum atomic E-state index is -0.479. The van der Waals surface area contributed by atoms with Crippen LogP contribution >= 0.6 is 0 Å². The van der Waals surface area contributed by atoms with Crippen molar-refractivity contribution in [2.75, 3.05) is 38.2 Å². The molecule has 0 unspecified atom stereocenters. The van der Waals surface area contributed by atoms with Crippen LogP contribution in [-0.4, -0.2) is 41.6 Å². The Morgan fingerprint density at radius 1 is 1.35 bits per heavy atom. The van der Waals surface area contributed by atoms with Crippen molar-refractivity contribution in [3.05, 3.63) is 20.8 Å². The van der Waals surface area contributed by atoms with E-state index >= 15 is 0 Å². The van der Waals surface area contributed by atoms with Crippen molar-refractivity contribution < 1.29 is 0 Å². The van der Waals surface area contributed by atoms with Gasteiger partial charge in [-0.05, 0) is 26.4 Å². The van der Waals surface area contributed by atoms with Crippen LogP contribution in [0.4, 0.5) is 11.5 Å². The molecule has 0 bridgehead atoms. The van der Waals surface area contributed by atoms with Crippen LogP contribution < -0.4 is 22.3 Å². The Labute approximate surface area is 118 Å². The lowest BCUT2D eigenvalue weighted by molar-refractivity contribution is 0.254. The molecule has 1 aromatic rings. The number of anilines is 2. The Balaban J connectivity index is 3.00. The van der Waals surface area contributed by atoms with E-state index < -0.39 is 11.2 Å². The van der Waals surface area contributed by atoms with Crippen LogP contribution in [0.1, 0.15) is 20.8 Å². The van der Waals surface area contributed by atoms with Gasteiger partial charge in [0, 0.05) is 19.6 Å². The van der Waals surface area contributed by atoms with Crippen molar-refractivity contribution in [3.63, 3.8) is 0 Å². The molecule has 0 saturated heterocycles. The lowest BCUT2D eigenvalue weighted by Gasteiger charge is -2.29. The van der Waals surface area contributed by atoms with Crippen LogP contribution in [0.25, 0.3) is 0 Å². The van der Waals surface area contributed by atoms with Crippen LogP contribution in [0.3, 0.4) is 0 Å². The summed E-state index contributed by atoms with van der Waals surface area (Å²) in [5.41, 5.74) is 5.17. The Kier molecular flexibility index (Phi) is 4.99. The summed E-state index contributed by atoms with van der Waals surface area (Å²) >= 11 is 0. The van der Waals surface area contributed by atoms with E-state index in [2.05, 4.69) is 29.0 Å². The molecule has 114 valence electrons. The number of H-pyrrole nitrogens is 1. The number of nitrogen functional groups attached to an aromatic ring is 1. The first-order valence-corrected chi connectivity index (χ1v) is 6.69. The minimum absolute atomic E-state index is 0.0322. The summed E-state index contributed by atoms with van der Waals surface area (Å²) in [4.78, 5) is 27.8. The van der Waals surface area contributed by atoms with Gasteiger partial charge in [-0.25, -0.2) is 4.79 Å². The molecule has 0 amide bonds. The molecule has 1 heterocycles. The van der Waals surface area contributed by atoms with Crippen LogP contribution in [0.15, 0.2) is 9.59 Å². The molecule has 4 N–H and O–H groups in total. The SMILES string of the molecule is CCn1c(N)c(NCC(C)(C)CN(C)C)c(=O)[nH]c1=O. The smallest absolute Gasteiger partial charge is 0.330 e. The van der Waals surface area contributed by atoms with Gasteiger partial charge in [0.25, 0.3) is 5.56 Å². The summed E-state index contributed by atoms with van der Waals surface area (Å²) < 4.78 is 1.34. The molecule has 20 heavy (non-hydrogen) atoms. The third kappa shape index (κ3) is 3.86. The van der Waals surface area contributed by atoms with Crippen molar-refractivity contribution in [2.45, 2.75) is 27.3 Å². The van der Waals surface area contributed by atoms with Gasteiger partial charge < -0.3 is 16.0 Å². The molecule has 0 aliphatic rings. The summed E-state index contributed by atoms with van der Waals surface area (Å²) in [6, 6.07) is 0. The van der Waals surface area contributed by atoms with Gasteiger partial charge in [0.2, 0.25) is 0 Å². The lowest BCUT2D eigenvalue weighted by atomic mass is 9.93. The van der Waals surface area contributed by atoms with Crippen molar-refractivity contribution in [1.82, 2.24) is 14.5 Å². The van der Waals surface area contributed by atoms with Gasteiger partial charge in [0.15, 0.2) is 0 Å². The third-order valence-electron chi connectivity index (χ3n) is 3.04. The minimum Gasteiger partial charge on any atom is -0.383 e. The number of rotatable bonds is 6. The molecule has 7 nitrogen and oxygen atoms in total. The van der Waals surface area contributed by atoms with Crippen molar-refractivity contribution in [3.8, 4) is 0 Å². The third-order valence-corrected chi connectivity index (χ3v) is 3.04. The number of nitrogens with zero attached hydrogens (tertiary/aromatic N) is 2. The molecule has 0 fully saturated rings. The molecule has 0 saturated carbocycles. The quantitative estimate of drug-likeness (QED) is 0.690. The maximum Gasteiger partial charge on any atom is 0.330 e. The van der Waals surface area contributed by atoms with E-state index in [-0.39, 0.29) is 16.9 Å². The molecule has 0 aromatic carbocycles. The predicted octanol–water partition coefficient (Wildman–Crippen LogP) is 0.138. The van der Waals surface area contributed by atoms with Gasteiger partial charge in [0.1, 0.15) is 11.5 Å². The predicted molar refractivity (Wildman–Crippen MR) is 82.2 cm³/mol. The summed E-state index contributed by atoms with van der Waals surface area (Å²) in [6.45, 7) is 7.86. The van der Waals surface area contributed by atoms with Crippen LogP contribution in [0, 0.1) is 5.41 Å². The van der Waals surface area contributed by atoms with Gasteiger partial charge in [-0.1, -0.05) is 13.8 Å². The molecule has 0 atom stereocenters. The summed E-state index contributed by atoms with van der Waals surface area (Å²) in [5.74, 6) is 0.182. The monoisotopic (exact) mass is 283 g/mol. The number of hydrogen-bond donors (Lipinski definition) is 3. The van der Waals surface area contributed by atoms with E-state index in [9.17, 15) is 9.59 Å². The second-order valence-electron chi connectivity index (χ2n) is 6.02. The van der Waals surface area contributed by atoms with Gasteiger partial charge in [-0.2, -0.15) is 0 Å². The van der Waals surface area contributed by atoms with E-state index in [1.165, 1.54) is 4.57 Å². The first kappa shape index (κ1) is 16.3. The topological polar surface area (TPSA) is 96.2 Å². The van der Waals surface area contributed by atoms with E-state index in [4.69, 9.17) is 5.73 Å². The fourth-order valence-electron chi connectivity index (χ4n) is 2.31. The highest BCUT2D eigenvalue weighted by Gasteiger charge is 2.20. The van der Waals surface area contributed by atoms with E-state index in [1.807, 2.05) is 14.1 Å².